The van der Waals surface area contributed by atoms with Crippen molar-refractivity contribution in [2.24, 2.45) is 10.9 Å². The first-order chi connectivity index (χ1) is 9.75. The molecule has 0 bridgehead atoms. The molecule has 1 fully saturated rings. The summed E-state index contributed by atoms with van der Waals surface area (Å²) in [6, 6.07) is 5.70. The lowest BCUT2D eigenvalue weighted by Crippen LogP contribution is -2.38. The Bertz CT molecular complexity index is 533. The number of nitrogens with zero attached hydrogens (tertiary/aromatic N) is 2. The molecule has 1 aliphatic heterocycles. The molecule has 0 spiro atoms. The van der Waals surface area contributed by atoms with Crippen molar-refractivity contribution in [3.05, 3.63) is 23.8 Å². The van der Waals surface area contributed by atoms with Crippen LogP contribution in [0.3, 0.4) is 0 Å². The second kappa shape index (κ2) is 5.65. The van der Waals surface area contributed by atoms with Gasteiger partial charge in [-0.25, -0.2) is 0 Å². The monoisotopic (exact) mass is 271 g/mol. The number of fused-ring (bicyclic) bond motifs is 1. The maximum atomic E-state index is 12.8. The Hall–Kier alpha value is -1.84. The minimum atomic E-state index is 0.187. The molecule has 0 aromatic heterocycles. The van der Waals surface area contributed by atoms with Crippen LogP contribution in [0.25, 0.3) is 0 Å². The van der Waals surface area contributed by atoms with E-state index >= 15 is 0 Å². The van der Waals surface area contributed by atoms with Crippen LogP contribution in [0.4, 0.5) is 11.4 Å². The predicted octanol–water partition coefficient (Wildman–Crippen LogP) is 2.61. The third-order valence-corrected chi connectivity index (χ3v) is 4.25. The molecule has 1 saturated carbocycles. The Balaban J connectivity index is 1.89. The molecule has 1 aromatic carbocycles. The summed E-state index contributed by atoms with van der Waals surface area (Å²) < 4.78 is 0. The van der Waals surface area contributed by atoms with Crippen molar-refractivity contribution in [1.29, 1.82) is 0 Å². The minimum Gasteiger partial charge on any atom is -0.399 e. The van der Waals surface area contributed by atoms with Crippen molar-refractivity contribution in [3.8, 4) is 0 Å². The summed E-state index contributed by atoms with van der Waals surface area (Å²) in [4.78, 5) is 19.1. The van der Waals surface area contributed by atoms with Crippen molar-refractivity contribution in [2.75, 3.05) is 23.7 Å². The highest BCUT2D eigenvalue weighted by Gasteiger charge is 2.28. The molecule has 0 atom stereocenters. The summed E-state index contributed by atoms with van der Waals surface area (Å²) in [6.07, 6.45) is 7.51. The van der Waals surface area contributed by atoms with Gasteiger partial charge in [0.2, 0.25) is 5.91 Å². The van der Waals surface area contributed by atoms with E-state index in [1.807, 2.05) is 29.3 Å². The first-order valence-electron chi connectivity index (χ1n) is 7.46. The number of anilines is 2. The average Bonchev–Trinajstić information content (AvgIpc) is 2.69. The Morgan fingerprint density at radius 1 is 1.25 bits per heavy atom. The van der Waals surface area contributed by atoms with Crippen molar-refractivity contribution in [3.63, 3.8) is 0 Å². The molecule has 1 amide bonds. The molecule has 20 heavy (non-hydrogen) atoms. The van der Waals surface area contributed by atoms with Crippen LogP contribution < -0.4 is 10.6 Å². The zero-order chi connectivity index (χ0) is 13.9. The van der Waals surface area contributed by atoms with Crippen LogP contribution in [-0.2, 0) is 4.79 Å². The summed E-state index contributed by atoms with van der Waals surface area (Å²) in [5, 5.41) is 0. The number of hydrogen-bond donors (Lipinski definition) is 1. The molecule has 1 aliphatic carbocycles. The number of rotatable bonds is 1. The molecule has 0 radical (unpaired) electrons. The quantitative estimate of drug-likeness (QED) is 0.798. The number of nitrogens with two attached hydrogens (primary N) is 1. The molecule has 0 unspecified atom stereocenters. The van der Waals surface area contributed by atoms with E-state index in [1.165, 1.54) is 19.3 Å². The number of carbonyl (C=O) groups excluding carboxylic acids is 1. The van der Waals surface area contributed by atoms with Gasteiger partial charge in [-0.1, -0.05) is 19.3 Å². The number of nitrogen functional groups attached to an aromatic ring is 1. The molecule has 4 nitrogen and oxygen atoms in total. The molecule has 4 heteroatoms. The molecular weight excluding hydrogens is 250 g/mol. The van der Waals surface area contributed by atoms with E-state index in [1.54, 1.807) is 0 Å². The number of carbonyl (C=O) groups is 1. The van der Waals surface area contributed by atoms with E-state index < -0.39 is 0 Å². The van der Waals surface area contributed by atoms with Gasteiger partial charge in [0, 0.05) is 29.9 Å². The van der Waals surface area contributed by atoms with Gasteiger partial charge in [-0.2, -0.15) is 0 Å². The molecule has 2 N–H and O–H groups in total. The molecule has 2 aliphatic rings. The number of amides is 1. The van der Waals surface area contributed by atoms with Crippen LogP contribution >= 0.6 is 0 Å². The minimum absolute atomic E-state index is 0.187. The van der Waals surface area contributed by atoms with Crippen LogP contribution in [0.2, 0.25) is 0 Å². The highest BCUT2D eigenvalue weighted by molar-refractivity contribution is 6.01. The molecule has 1 heterocycles. The molecule has 106 valence electrons. The van der Waals surface area contributed by atoms with Gasteiger partial charge in [0.05, 0.1) is 12.2 Å². The Morgan fingerprint density at radius 3 is 2.85 bits per heavy atom. The maximum absolute atomic E-state index is 12.8. The Labute approximate surface area is 119 Å². The van der Waals surface area contributed by atoms with E-state index in [4.69, 9.17) is 5.73 Å². The van der Waals surface area contributed by atoms with Crippen LogP contribution in [0.5, 0.6) is 0 Å². The zero-order valence-electron chi connectivity index (χ0n) is 11.7. The number of aliphatic imine (C=N–C) groups is 1. The van der Waals surface area contributed by atoms with Gasteiger partial charge in [0.25, 0.3) is 0 Å². The number of hydrogen-bond acceptors (Lipinski definition) is 3. The molecule has 1 aromatic rings. The SMILES string of the molecule is Nc1ccc2c(c1)C=NCCN2C(=O)C1CCCCC1. The Kier molecular flexibility index (Phi) is 3.72. The second-order valence-electron chi connectivity index (χ2n) is 5.68. The zero-order valence-corrected chi connectivity index (χ0v) is 11.7. The van der Waals surface area contributed by atoms with E-state index in [-0.39, 0.29) is 11.8 Å². The van der Waals surface area contributed by atoms with Crippen LogP contribution in [-0.4, -0.2) is 25.2 Å². The van der Waals surface area contributed by atoms with Crippen molar-refractivity contribution < 1.29 is 4.79 Å². The van der Waals surface area contributed by atoms with Gasteiger partial charge in [0.1, 0.15) is 0 Å². The lowest BCUT2D eigenvalue weighted by Gasteiger charge is -2.29. The molecule has 0 saturated heterocycles. The van der Waals surface area contributed by atoms with Gasteiger partial charge in [-0.05, 0) is 31.0 Å². The smallest absolute Gasteiger partial charge is 0.230 e. The standard InChI is InChI=1S/C16H21N3O/c17-14-6-7-15-13(10-14)11-18-8-9-19(15)16(20)12-4-2-1-3-5-12/h6-7,10-12H,1-5,8-9,17H2. The maximum Gasteiger partial charge on any atom is 0.230 e. The summed E-state index contributed by atoms with van der Waals surface area (Å²) in [7, 11) is 0. The van der Waals surface area contributed by atoms with Crippen molar-refractivity contribution >= 4 is 23.5 Å². The first kappa shape index (κ1) is 13.2. The van der Waals surface area contributed by atoms with Crippen molar-refractivity contribution in [2.45, 2.75) is 32.1 Å². The summed E-state index contributed by atoms with van der Waals surface area (Å²) in [5.74, 6) is 0.452. The highest BCUT2D eigenvalue weighted by atomic mass is 16.2. The van der Waals surface area contributed by atoms with E-state index in [9.17, 15) is 4.79 Å². The second-order valence-corrected chi connectivity index (χ2v) is 5.68. The van der Waals surface area contributed by atoms with Crippen LogP contribution in [0.15, 0.2) is 23.2 Å². The summed E-state index contributed by atoms with van der Waals surface area (Å²) >= 11 is 0. The topological polar surface area (TPSA) is 58.7 Å². The third-order valence-electron chi connectivity index (χ3n) is 4.25. The summed E-state index contributed by atoms with van der Waals surface area (Å²) in [6.45, 7) is 1.33. The molecule has 3 rings (SSSR count). The molecular formula is C16H21N3O. The van der Waals surface area contributed by atoms with E-state index in [2.05, 4.69) is 4.99 Å². The van der Waals surface area contributed by atoms with Crippen LogP contribution in [0, 0.1) is 5.92 Å². The summed E-state index contributed by atoms with van der Waals surface area (Å²) in [5.41, 5.74) is 8.45. The first-order valence-corrected chi connectivity index (χ1v) is 7.46. The van der Waals surface area contributed by atoms with Gasteiger partial charge in [0.15, 0.2) is 0 Å². The fourth-order valence-corrected chi connectivity index (χ4v) is 3.16. The highest BCUT2D eigenvalue weighted by Crippen LogP contribution is 2.30. The third kappa shape index (κ3) is 2.55. The lowest BCUT2D eigenvalue weighted by atomic mass is 9.88. The van der Waals surface area contributed by atoms with Gasteiger partial charge in [-0.3, -0.25) is 9.79 Å². The van der Waals surface area contributed by atoms with Gasteiger partial charge in [-0.15, -0.1) is 0 Å². The largest absolute Gasteiger partial charge is 0.399 e. The van der Waals surface area contributed by atoms with Crippen molar-refractivity contribution in [1.82, 2.24) is 0 Å². The van der Waals surface area contributed by atoms with Gasteiger partial charge >= 0.3 is 0 Å². The fraction of sp³-hybridized carbons (Fsp3) is 0.500. The normalized spacial score (nSPS) is 19.5. The predicted molar refractivity (Wildman–Crippen MR) is 82.2 cm³/mol. The van der Waals surface area contributed by atoms with Crippen LogP contribution in [0.1, 0.15) is 37.7 Å². The average molecular weight is 271 g/mol. The number of benzodiazepines with no additional fused rings is 1. The number of benzene rings is 1. The lowest BCUT2D eigenvalue weighted by molar-refractivity contribution is -0.123. The van der Waals surface area contributed by atoms with E-state index in [0.29, 0.717) is 18.8 Å². The fourth-order valence-electron chi connectivity index (χ4n) is 3.16. The van der Waals surface area contributed by atoms with E-state index in [0.717, 1.165) is 24.1 Å². The van der Waals surface area contributed by atoms with Gasteiger partial charge < -0.3 is 10.6 Å². The Morgan fingerprint density at radius 2 is 2.05 bits per heavy atom.